The van der Waals surface area contributed by atoms with E-state index in [4.69, 9.17) is 9.15 Å². The van der Waals surface area contributed by atoms with Crippen LogP contribution in [0.4, 0.5) is 4.79 Å². The lowest BCUT2D eigenvalue weighted by Gasteiger charge is -2.23. The minimum absolute atomic E-state index is 0.0848. The molecule has 1 atom stereocenters. The summed E-state index contributed by atoms with van der Waals surface area (Å²) in [5, 5.41) is 2.81. The summed E-state index contributed by atoms with van der Waals surface area (Å²) in [5.41, 5.74) is 0.347. The summed E-state index contributed by atoms with van der Waals surface area (Å²) in [6, 6.07) is 8.97. The number of oxazole rings is 1. The van der Waals surface area contributed by atoms with Gasteiger partial charge in [-0.25, -0.2) is 14.6 Å². The number of amides is 1. The van der Waals surface area contributed by atoms with Crippen molar-refractivity contribution >= 4 is 12.1 Å². The van der Waals surface area contributed by atoms with E-state index in [0.717, 1.165) is 5.56 Å². The highest BCUT2D eigenvalue weighted by molar-refractivity contribution is 5.86. The molecule has 0 aliphatic rings. The molecule has 2 rings (SSSR count). The summed E-state index contributed by atoms with van der Waals surface area (Å²) in [6.07, 6.45) is 0.956. The van der Waals surface area contributed by atoms with Gasteiger partial charge in [-0.05, 0) is 26.3 Å². The van der Waals surface area contributed by atoms with Crippen molar-refractivity contribution < 1.29 is 23.5 Å². The first-order chi connectivity index (χ1) is 11.8. The molecule has 134 valence electrons. The lowest BCUT2D eigenvalue weighted by Crippen LogP contribution is -2.35. The lowest BCUT2D eigenvalue weighted by atomic mass is 10.0. The number of nitrogens with one attached hydrogen (secondary N) is 1. The third-order valence-corrected chi connectivity index (χ3v) is 3.22. The van der Waals surface area contributed by atoms with Crippen molar-refractivity contribution in [2.45, 2.75) is 38.8 Å². The lowest BCUT2D eigenvalue weighted by molar-refractivity contribution is 0.0500. The number of rotatable bonds is 5. The maximum Gasteiger partial charge on any atom is 0.408 e. The van der Waals surface area contributed by atoms with E-state index in [9.17, 15) is 9.59 Å². The number of hydrogen-bond donors (Lipinski definition) is 1. The Morgan fingerprint density at radius 3 is 2.52 bits per heavy atom. The summed E-state index contributed by atoms with van der Waals surface area (Å²) in [7, 11) is 1.27. The van der Waals surface area contributed by atoms with Gasteiger partial charge in [-0.1, -0.05) is 30.3 Å². The number of esters is 1. The second-order valence-electron chi connectivity index (χ2n) is 6.43. The van der Waals surface area contributed by atoms with Gasteiger partial charge in [-0.2, -0.15) is 0 Å². The predicted octanol–water partition coefficient (Wildman–Crippen LogP) is 3.27. The van der Waals surface area contributed by atoms with Crippen LogP contribution in [-0.2, 0) is 15.9 Å². The van der Waals surface area contributed by atoms with Gasteiger partial charge in [-0.15, -0.1) is 0 Å². The molecule has 0 saturated carbocycles. The van der Waals surface area contributed by atoms with Crippen LogP contribution >= 0.6 is 0 Å². The zero-order valence-electron chi connectivity index (χ0n) is 14.7. The molecule has 0 aliphatic heterocycles. The third kappa shape index (κ3) is 5.63. The van der Waals surface area contributed by atoms with E-state index >= 15 is 0 Å². The molecule has 0 spiro atoms. The number of alkyl carbamates (subject to hydrolysis) is 1. The van der Waals surface area contributed by atoms with Crippen LogP contribution in [0.3, 0.4) is 0 Å². The quantitative estimate of drug-likeness (QED) is 0.836. The first-order valence-electron chi connectivity index (χ1n) is 7.85. The molecule has 2 aromatic rings. The van der Waals surface area contributed by atoms with Crippen molar-refractivity contribution in [3.63, 3.8) is 0 Å². The van der Waals surface area contributed by atoms with Gasteiger partial charge in [0.2, 0.25) is 0 Å². The van der Waals surface area contributed by atoms with Gasteiger partial charge in [-0.3, -0.25) is 0 Å². The Kier molecular flexibility index (Phi) is 5.80. The SMILES string of the molecule is COC(=O)c1coc(CC(NC(=O)OC(C)(C)C)c2ccccc2)n1. The summed E-state index contributed by atoms with van der Waals surface area (Å²) in [5.74, 6) is -0.267. The normalized spacial score (nSPS) is 12.3. The second kappa shape index (κ2) is 7.83. The van der Waals surface area contributed by atoms with Crippen LogP contribution < -0.4 is 5.32 Å². The largest absolute Gasteiger partial charge is 0.464 e. The van der Waals surface area contributed by atoms with Crippen molar-refractivity contribution in [3.05, 3.63) is 53.7 Å². The first kappa shape index (κ1) is 18.5. The summed E-state index contributed by atoms with van der Waals surface area (Å²) in [4.78, 5) is 27.7. The average molecular weight is 346 g/mol. The van der Waals surface area contributed by atoms with E-state index in [1.165, 1.54) is 13.4 Å². The maximum atomic E-state index is 12.1. The summed E-state index contributed by atoms with van der Waals surface area (Å²) >= 11 is 0. The molecule has 1 amide bonds. The standard InChI is InChI=1S/C18H22N2O5/c1-18(2,3)25-17(22)20-13(12-8-6-5-7-9-12)10-15-19-14(11-24-15)16(21)23-4/h5-9,11,13H,10H2,1-4H3,(H,20,22). The predicted molar refractivity (Wildman–Crippen MR) is 90.1 cm³/mol. The van der Waals surface area contributed by atoms with Crippen LogP contribution in [0.1, 0.15) is 48.8 Å². The molecule has 1 heterocycles. The van der Waals surface area contributed by atoms with E-state index in [2.05, 4.69) is 15.0 Å². The highest BCUT2D eigenvalue weighted by Gasteiger charge is 2.23. The van der Waals surface area contributed by atoms with Crippen molar-refractivity contribution in [1.82, 2.24) is 10.3 Å². The van der Waals surface area contributed by atoms with Gasteiger partial charge in [0, 0.05) is 6.42 Å². The first-order valence-corrected chi connectivity index (χ1v) is 7.85. The second-order valence-corrected chi connectivity index (χ2v) is 6.43. The molecule has 0 radical (unpaired) electrons. The monoisotopic (exact) mass is 346 g/mol. The molecule has 7 nitrogen and oxygen atoms in total. The minimum atomic E-state index is -0.605. The number of ether oxygens (including phenoxy) is 2. The van der Waals surface area contributed by atoms with E-state index in [0.29, 0.717) is 5.89 Å². The molecular formula is C18H22N2O5. The van der Waals surface area contributed by atoms with Gasteiger partial charge in [0.15, 0.2) is 11.6 Å². The Balaban J connectivity index is 2.16. The van der Waals surface area contributed by atoms with Crippen LogP contribution in [0, 0.1) is 0 Å². The van der Waals surface area contributed by atoms with E-state index in [-0.39, 0.29) is 12.1 Å². The van der Waals surface area contributed by atoms with Crippen LogP contribution in [0.25, 0.3) is 0 Å². The molecule has 25 heavy (non-hydrogen) atoms. The zero-order chi connectivity index (χ0) is 18.4. The van der Waals surface area contributed by atoms with Crippen LogP contribution in [0.2, 0.25) is 0 Å². The highest BCUT2D eigenvalue weighted by atomic mass is 16.6. The molecule has 1 N–H and O–H groups in total. The van der Waals surface area contributed by atoms with E-state index in [1.807, 2.05) is 30.3 Å². The molecule has 1 aromatic carbocycles. The Labute approximate surface area is 146 Å². The Bertz CT molecular complexity index is 719. The molecule has 7 heteroatoms. The Morgan fingerprint density at radius 1 is 1.24 bits per heavy atom. The van der Waals surface area contributed by atoms with Gasteiger partial charge in [0.25, 0.3) is 0 Å². The number of methoxy groups -OCH3 is 1. The molecule has 0 fully saturated rings. The van der Waals surface area contributed by atoms with Gasteiger partial charge in [0.05, 0.1) is 13.2 Å². The Hall–Kier alpha value is -2.83. The van der Waals surface area contributed by atoms with Gasteiger partial charge >= 0.3 is 12.1 Å². The van der Waals surface area contributed by atoms with Crippen molar-refractivity contribution in [3.8, 4) is 0 Å². The molecule has 0 saturated heterocycles. The number of hydrogen-bond acceptors (Lipinski definition) is 6. The Morgan fingerprint density at radius 2 is 1.92 bits per heavy atom. The fourth-order valence-corrected chi connectivity index (χ4v) is 2.16. The van der Waals surface area contributed by atoms with Crippen molar-refractivity contribution in [2.75, 3.05) is 7.11 Å². The van der Waals surface area contributed by atoms with E-state index in [1.54, 1.807) is 20.8 Å². The van der Waals surface area contributed by atoms with Crippen LogP contribution in [-0.4, -0.2) is 29.8 Å². The number of benzene rings is 1. The van der Waals surface area contributed by atoms with E-state index < -0.39 is 23.7 Å². The number of nitrogens with zero attached hydrogens (tertiary/aromatic N) is 1. The minimum Gasteiger partial charge on any atom is -0.464 e. The number of carbonyl (C=O) groups is 2. The topological polar surface area (TPSA) is 90.7 Å². The van der Waals surface area contributed by atoms with Crippen LogP contribution in [0.15, 0.2) is 41.0 Å². The van der Waals surface area contributed by atoms with Gasteiger partial charge in [0.1, 0.15) is 11.9 Å². The average Bonchev–Trinajstić information content (AvgIpc) is 3.01. The molecule has 1 aromatic heterocycles. The molecule has 0 aliphatic carbocycles. The summed E-state index contributed by atoms with van der Waals surface area (Å²) in [6.45, 7) is 5.38. The van der Waals surface area contributed by atoms with Crippen LogP contribution in [0.5, 0.6) is 0 Å². The smallest absolute Gasteiger partial charge is 0.408 e. The van der Waals surface area contributed by atoms with Crippen molar-refractivity contribution in [1.29, 1.82) is 0 Å². The highest BCUT2D eigenvalue weighted by Crippen LogP contribution is 2.19. The fraction of sp³-hybridized carbons (Fsp3) is 0.389. The summed E-state index contributed by atoms with van der Waals surface area (Å²) < 4.78 is 15.2. The number of aromatic nitrogens is 1. The zero-order valence-corrected chi connectivity index (χ0v) is 14.7. The fourth-order valence-electron chi connectivity index (χ4n) is 2.16. The maximum absolute atomic E-state index is 12.1. The molecule has 0 bridgehead atoms. The van der Waals surface area contributed by atoms with Gasteiger partial charge < -0.3 is 19.2 Å². The molecule has 1 unspecified atom stereocenters. The third-order valence-electron chi connectivity index (χ3n) is 3.22. The number of carbonyl (C=O) groups excluding carboxylic acids is 2. The molecular weight excluding hydrogens is 324 g/mol. The van der Waals surface area contributed by atoms with Crippen molar-refractivity contribution in [2.24, 2.45) is 0 Å².